The lowest BCUT2D eigenvalue weighted by molar-refractivity contribution is 0.0997. The van der Waals surface area contributed by atoms with Crippen molar-refractivity contribution in [2.45, 2.75) is 26.4 Å². The van der Waals surface area contributed by atoms with Crippen molar-refractivity contribution >= 4 is 27.5 Å². The van der Waals surface area contributed by atoms with Crippen molar-refractivity contribution in [2.75, 3.05) is 11.9 Å². The van der Waals surface area contributed by atoms with E-state index in [0.29, 0.717) is 23.1 Å². The van der Waals surface area contributed by atoms with E-state index in [9.17, 15) is 14.3 Å². The summed E-state index contributed by atoms with van der Waals surface area (Å²) in [7, 11) is 0. The Labute approximate surface area is 120 Å². The van der Waals surface area contributed by atoms with Crippen molar-refractivity contribution in [1.82, 2.24) is 0 Å². The van der Waals surface area contributed by atoms with Gasteiger partial charge >= 0.3 is 0 Å². The van der Waals surface area contributed by atoms with Crippen molar-refractivity contribution in [3.63, 3.8) is 0 Å². The number of nitrogens with two attached hydrogens (primary N) is 1. The van der Waals surface area contributed by atoms with E-state index in [1.165, 1.54) is 6.07 Å². The number of hydrogen-bond donors (Lipinski definition) is 3. The van der Waals surface area contributed by atoms with Crippen LogP contribution in [0.1, 0.15) is 30.6 Å². The minimum absolute atomic E-state index is 0.146. The minimum atomic E-state index is -0.810. The normalized spacial score (nSPS) is 13.9. The number of halogens is 2. The Morgan fingerprint density at radius 1 is 1.53 bits per heavy atom. The van der Waals surface area contributed by atoms with Crippen LogP contribution in [0.5, 0.6) is 0 Å². The lowest BCUT2D eigenvalue weighted by Crippen LogP contribution is -2.20. The molecule has 1 aromatic carbocycles. The zero-order chi connectivity index (χ0) is 14.6. The molecule has 1 rings (SSSR count). The Morgan fingerprint density at radius 3 is 2.68 bits per heavy atom. The molecule has 1 aromatic rings. The first-order chi connectivity index (χ1) is 8.81. The molecule has 4 N–H and O–H groups in total. The van der Waals surface area contributed by atoms with Crippen LogP contribution in [0.3, 0.4) is 0 Å². The Kier molecular flexibility index (Phi) is 5.75. The van der Waals surface area contributed by atoms with Gasteiger partial charge in [-0.15, -0.1) is 0 Å². The Morgan fingerprint density at radius 2 is 2.16 bits per heavy atom. The number of carbonyl (C=O) groups is 1. The highest BCUT2D eigenvalue weighted by atomic mass is 79.9. The molecule has 1 amide bonds. The van der Waals surface area contributed by atoms with E-state index < -0.39 is 17.8 Å². The Hall–Kier alpha value is -1.14. The zero-order valence-electron chi connectivity index (χ0n) is 10.9. The van der Waals surface area contributed by atoms with Crippen molar-refractivity contribution < 1.29 is 14.3 Å². The first-order valence-corrected chi connectivity index (χ1v) is 6.81. The van der Waals surface area contributed by atoms with Gasteiger partial charge in [-0.2, -0.15) is 0 Å². The van der Waals surface area contributed by atoms with Gasteiger partial charge in [-0.25, -0.2) is 4.39 Å². The van der Waals surface area contributed by atoms with Crippen LogP contribution in [0.25, 0.3) is 0 Å². The molecule has 6 heteroatoms. The third-order valence-corrected chi connectivity index (χ3v) is 3.14. The van der Waals surface area contributed by atoms with E-state index in [1.54, 1.807) is 13.0 Å². The summed E-state index contributed by atoms with van der Waals surface area (Å²) in [4.78, 5) is 11.3. The third-order valence-electron chi connectivity index (χ3n) is 2.69. The van der Waals surface area contributed by atoms with Crippen LogP contribution >= 0.6 is 15.9 Å². The van der Waals surface area contributed by atoms with Crippen molar-refractivity contribution in [2.24, 2.45) is 11.7 Å². The number of aliphatic hydroxyl groups is 1. The lowest BCUT2D eigenvalue weighted by Gasteiger charge is -2.17. The highest BCUT2D eigenvalue weighted by Gasteiger charge is 2.16. The maximum Gasteiger partial charge on any atom is 0.253 e. The van der Waals surface area contributed by atoms with E-state index in [1.807, 2.05) is 6.92 Å². The fourth-order valence-electron chi connectivity index (χ4n) is 1.91. The summed E-state index contributed by atoms with van der Waals surface area (Å²) in [5, 5.41) is 12.3. The molecular formula is C13H18BrFN2O2. The number of nitrogens with one attached hydrogen (secondary N) is 1. The lowest BCUT2D eigenvalue weighted by atomic mass is 10.0. The van der Waals surface area contributed by atoms with Gasteiger partial charge in [0, 0.05) is 11.0 Å². The van der Waals surface area contributed by atoms with Gasteiger partial charge in [0.15, 0.2) is 0 Å². The zero-order valence-corrected chi connectivity index (χ0v) is 12.5. The van der Waals surface area contributed by atoms with Gasteiger partial charge in [-0.3, -0.25) is 4.79 Å². The van der Waals surface area contributed by atoms with Gasteiger partial charge in [0.1, 0.15) is 5.82 Å². The topological polar surface area (TPSA) is 75.3 Å². The van der Waals surface area contributed by atoms with Crippen LogP contribution in [0, 0.1) is 11.7 Å². The van der Waals surface area contributed by atoms with E-state index in [4.69, 9.17) is 5.73 Å². The van der Waals surface area contributed by atoms with Crippen LogP contribution in [0.4, 0.5) is 10.1 Å². The molecule has 0 aliphatic rings. The summed E-state index contributed by atoms with van der Waals surface area (Å²) in [6.07, 6.45) is 0.224. The number of primary amides is 1. The van der Waals surface area contributed by atoms with E-state index >= 15 is 0 Å². The number of benzene rings is 1. The van der Waals surface area contributed by atoms with Crippen molar-refractivity contribution in [3.8, 4) is 0 Å². The first kappa shape index (κ1) is 15.9. The van der Waals surface area contributed by atoms with Crippen LogP contribution in [0.15, 0.2) is 16.6 Å². The second-order valence-electron chi connectivity index (χ2n) is 4.75. The molecule has 0 aliphatic heterocycles. The molecule has 0 saturated carbocycles. The molecule has 19 heavy (non-hydrogen) atoms. The van der Waals surface area contributed by atoms with Crippen molar-refractivity contribution in [3.05, 3.63) is 28.0 Å². The molecule has 0 heterocycles. The molecule has 0 bridgehead atoms. The summed E-state index contributed by atoms with van der Waals surface area (Å²) >= 11 is 3.17. The number of anilines is 1. The minimum Gasteiger partial charge on any atom is -0.393 e. The molecule has 0 saturated heterocycles. The van der Waals surface area contributed by atoms with Crippen LogP contribution in [-0.2, 0) is 0 Å². The maximum atomic E-state index is 13.7. The van der Waals surface area contributed by atoms with Gasteiger partial charge in [-0.05, 0) is 31.4 Å². The molecule has 0 spiro atoms. The number of carbonyl (C=O) groups excluding carboxylic acids is 1. The second kappa shape index (κ2) is 6.86. The Bertz CT molecular complexity index is 466. The molecule has 0 aromatic heterocycles. The van der Waals surface area contributed by atoms with Gasteiger partial charge in [0.25, 0.3) is 5.91 Å². The smallest absolute Gasteiger partial charge is 0.253 e. The van der Waals surface area contributed by atoms with E-state index in [-0.39, 0.29) is 11.5 Å². The van der Waals surface area contributed by atoms with Gasteiger partial charge in [-0.1, -0.05) is 22.9 Å². The number of amides is 1. The molecule has 106 valence electrons. The molecule has 2 atom stereocenters. The summed E-state index contributed by atoms with van der Waals surface area (Å²) < 4.78 is 14.2. The SMILES string of the molecule is CC(O)CC(C)CNc1cc(Br)cc(F)c1C(N)=O. The second-order valence-corrected chi connectivity index (χ2v) is 5.66. The number of aliphatic hydroxyl groups excluding tert-OH is 1. The molecule has 4 nitrogen and oxygen atoms in total. The van der Waals surface area contributed by atoms with Gasteiger partial charge in [0.05, 0.1) is 17.4 Å². The molecule has 0 radical (unpaired) electrons. The average Bonchev–Trinajstić information content (AvgIpc) is 2.23. The number of hydrogen-bond acceptors (Lipinski definition) is 3. The van der Waals surface area contributed by atoms with E-state index in [2.05, 4.69) is 21.2 Å². The van der Waals surface area contributed by atoms with Crippen molar-refractivity contribution in [1.29, 1.82) is 0 Å². The monoisotopic (exact) mass is 332 g/mol. The highest BCUT2D eigenvalue weighted by Crippen LogP contribution is 2.25. The highest BCUT2D eigenvalue weighted by molar-refractivity contribution is 9.10. The first-order valence-electron chi connectivity index (χ1n) is 6.02. The molecule has 0 aliphatic carbocycles. The molecule has 2 unspecified atom stereocenters. The standard InChI is InChI=1S/C13H18BrFN2O2/c1-7(3-8(2)18)6-17-11-5-9(14)4-10(15)12(11)13(16)19/h4-5,7-8,17-18H,3,6H2,1-2H3,(H2,16,19). The summed E-state index contributed by atoms with van der Waals surface area (Å²) in [5.74, 6) is -1.29. The molecule has 0 fully saturated rings. The summed E-state index contributed by atoms with van der Waals surface area (Å²) in [6, 6.07) is 2.81. The average molecular weight is 333 g/mol. The quantitative estimate of drug-likeness (QED) is 0.749. The largest absolute Gasteiger partial charge is 0.393 e. The predicted octanol–water partition coefficient (Wildman–Crippen LogP) is 2.51. The molecular weight excluding hydrogens is 315 g/mol. The van der Waals surface area contributed by atoms with Gasteiger partial charge in [0.2, 0.25) is 0 Å². The third kappa shape index (κ3) is 4.80. The summed E-state index contributed by atoms with van der Waals surface area (Å²) in [6.45, 7) is 4.18. The van der Waals surface area contributed by atoms with Crippen LogP contribution in [-0.4, -0.2) is 23.7 Å². The van der Waals surface area contributed by atoms with Crippen LogP contribution < -0.4 is 11.1 Å². The predicted molar refractivity (Wildman–Crippen MR) is 76.6 cm³/mol. The fraction of sp³-hybridized carbons (Fsp3) is 0.462. The summed E-state index contributed by atoms with van der Waals surface area (Å²) in [5.41, 5.74) is 5.39. The maximum absolute atomic E-state index is 13.7. The van der Waals surface area contributed by atoms with E-state index in [0.717, 1.165) is 0 Å². The van der Waals surface area contributed by atoms with Crippen LogP contribution in [0.2, 0.25) is 0 Å². The van der Waals surface area contributed by atoms with Gasteiger partial charge < -0.3 is 16.2 Å². The Balaban J connectivity index is 2.85. The fourth-order valence-corrected chi connectivity index (χ4v) is 2.34. The number of rotatable bonds is 6.